The minimum atomic E-state index is -0.849. The molecule has 0 aliphatic rings. The van der Waals surface area contributed by atoms with E-state index in [0.717, 1.165) is 0 Å². The molecule has 0 aliphatic carbocycles. The number of hydrogen-bond donors (Lipinski definition) is 1. The lowest BCUT2D eigenvalue weighted by atomic mass is 10.4. The van der Waals surface area contributed by atoms with E-state index in [1.165, 1.54) is 18.3 Å². The first-order valence-electron chi connectivity index (χ1n) is 4.24. The highest BCUT2D eigenvalue weighted by atomic mass is 32.2. The predicted octanol–water partition coefficient (Wildman–Crippen LogP) is 0.780. The minimum Gasteiger partial charge on any atom is -0.369 e. The van der Waals surface area contributed by atoms with Gasteiger partial charge in [-0.1, -0.05) is 0 Å². The molecule has 0 aliphatic heterocycles. The highest BCUT2D eigenvalue weighted by molar-refractivity contribution is 7.84. The van der Waals surface area contributed by atoms with Crippen molar-refractivity contribution < 1.29 is 9.13 Å². The number of nitro groups is 1. The third kappa shape index (κ3) is 4.03. The first kappa shape index (κ1) is 11.6. The van der Waals surface area contributed by atoms with Crippen molar-refractivity contribution in [3.63, 3.8) is 0 Å². The van der Waals surface area contributed by atoms with Crippen molar-refractivity contribution in [2.75, 3.05) is 23.9 Å². The second kappa shape index (κ2) is 5.40. The summed E-state index contributed by atoms with van der Waals surface area (Å²) in [6, 6.07) is 2.90. The lowest BCUT2D eigenvalue weighted by molar-refractivity contribution is -0.385. The molecule has 1 aromatic rings. The molecule has 7 heteroatoms. The van der Waals surface area contributed by atoms with Gasteiger partial charge in [-0.2, -0.15) is 0 Å². The molecule has 0 fully saturated rings. The standard InChI is InChI=1S/C8H11N3O3S/c1-15(14)5-4-9-8-3-2-7(6-10-8)11(12)13/h2-3,6H,4-5H2,1H3,(H,9,10). The SMILES string of the molecule is CS(=O)CCNc1ccc([N+](=O)[O-])cn1. The molecule has 1 N–H and O–H groups in total. The molecule has 0 amide bonds. The smallest absolute Gasteiger partial charge is 0.287 e. The fourth-order valence-corrected chi connectivity index (χ4v) is 1.31. The number of hydrogen-bond acceptors (Lipinski definition) is 5. The van der Waals surface area contributed by atoms with Crippen LogP contribution in [-0.2, 0) is 10.8 Å². The molecule has 0 bridgehead atoms. The Morgan fingerprint density at radius 2 is 2.33 bits per heavy atom. The van der Waals surface area contributed by atoms with E-state index >= 15 is 0 Å². The Kier molecular flexibility index (Phi) is 4.17. The second-order valence-electron chi connectivity index (χ2n) is 2.86. The van der Waals surface area contributed by atoms with Crippen LogP contribution < -0.4 is 5.32 Å². The fourth-order valence-electron chi connectivity index (χ4n) is 0.921. The zero-order valence-corrected chi connectivity index (χ0v) is 8.99. The fraction of sp³-hybridized carbons (Fsp3) is 0.375. The highest BCUT2D eigenvalue weighted by Gasteiger charge is 2.04. The summed E-state index contributed by atoms with van der Waals surface area (Å²) in [7, 11) is -0.849. The Bertz CT molecular complexity index is 366. The molecule has 1 unspecified atom stereocenters. The average molecular weight is 229 g/mol. The van der Waals surface area contributed by atoms with Crippen LogP contribution in [0.5, 0.6) is 0 Å². The third-order valence-electron chi connectivity index (χ3n) is 1.65. The van der Waals surface area contributed by atoms with E-state index in [4.69, 9.17) is 0 Å². The quantitative estimate of drug-likeness (QED) is 0.595. The summed E-state index contributed by atoms with van der Waals surface area (Å²) < 4.78 is 10.7. The molecule has 1 atom stereocenters. The molecule has 0 saturated heterocycles. The summed E-state index contributed by atoms with van der Waals surface area (Å²) in [6.45, 7) is 0.536. The van der Waals surface area contributed by atoms with Crippen molar-refractivity contribution in [2.45, 2.75) is 0 Å². The first-order chi connectivity index (χ1) is 7.09. The van der Waals surface area contributed by atoms with Crippen molar-refractivity contribution in [3.05, 3.63) is 28.4 Å². The van der Waals surface area contributed by atoms with Gasteiger partial charge in [0.1, 0.15) is 12.0 Å². The molecule has 15 heavy (non-hydrogen) atoms. The van der Waals surface area contributed by atoms with Crippen molar-refractivity contribution in [1.82, 2.24) is 4.98 Å². The van der Waals surface area contributed by atoms with Crippen molar-refractivity contribution >= 4 is 22.3 Å². The number of nitrogens with zero attached hydrogens (tertiary/aromatic N) is 2. The van der Waals surface area contributed by atoms with Crippen molar-refractivity contribution in [2.24, 2.45) is 0 Å². The van der Waals surface area contributed by atoms with Crippen LogP contribution in [0.25, 0.3) is 0 Å². The van der Waals surface area contributed by atoms with Gasteiger partial charge in [0.25, 0.3) is 5.69 Å². The second-order valence-corrected chi connectivity index (χ2v) is 4.42. The Morgan fingerprint density at radius 3 is 2.80 bits per heavy atom. The Morgan fingerprint density at radius 1 is 1.60 bits per heavy atom. The van der Waals surface area contributed by atoms with E-state index in [9.17, 15) is 14.3 Å². The highest BCUT2D eigenvalue weighted by Crippen LogP contribution is 2.11. The van der Waals surface area contributed by atoms with Gasteiger partial charge in [-0.05, 0) is 6.07 Å². The van der Waals surface area contributed by atoms with E-state index in [1.807, 2.05) is 0 Å². The maximum atomic E-state index is 10.7. The number of nitrogens with one attached hydrogen (secondary N) is 1. The summed E-state index contributed by atoms with van der Waals surface area (Å²) in [6.07, 6.45) is 2.80. The maximum absolute atomic E-state index is 10.7. The Hall–Kier alpha value is -1.50. The van der Waals surface area contributed by atoms with Gasteiger partial charge in [0.15, 0.2) is 0 Å². The zero-order valence-electron chi connectivity index (χ0n) is 8.17. The Labute approximate surface area is 89.3 Å². The molecule has 1 rings (SSSR count). The van der Waals surface area contributed by atoms with Gasteiger partial charge in [0.05, 0.1) is 4.92 Å². The average Bonchev–Trinajstić information content (AvgIpc) is 2.18. The van der Waals surface area contributed by atoms with Crippen LogP contribution >= 0.6 is 0 Å². The molecular weight excluding hydrogens is 218 g/mol. The van der Waals surface area contributed by atoms with E-state index in [0.29, 0.717) is 18.1 Å². The number of aromatic nitrogens is 1. The molecule has 0 spiro atoms. The van der Waals surface area contributed by atoms with Gasteiger partial charge < -0.3 is 5.32 Å². The maximum Gasteiger partial charge on any atom is 0.287 e. The number of rotatable bonds is 5. The summed E-state index contributed by atoms with van der Waals surface area (Å²) in [5, 5.41) is 13.2. The van der Waals surface area contributed by atoms with E-state index < -0.39 is 15.7 Å². The minimum absolute atomic E-state index is 0.0420. The van der Waals surface area contributed by atoms with Gasteiger partial charge in [0.2, 0.25) is 0 Å². The normalized spacial score (nSPS) is 12.1. The molecule has 0 aromatic carbocycles. The zero-order chi connectivity index (χ0) is 11.3. The molecule has 82 valence electrons. The van der Waals surface area contributed by atoms with Gasteiger partial charge in [-0.3, -0.25) is 14.3 Å². The predicted molar refractivity (Wildman–Crippen MR) is 58.3 cm³/mol. The monoisotopic (exact) mass is 229 g/mol. The first-order valence-corrected chi connectivity index (χ1v) is 5.96. The van der Waals surface area contributed by atoms with Crippen molar-refractivity contribution in [1.29, 1.82) is 0 Å². The van der Waals surface area contributed by atoms with Crippen molar-refractivity contribution in [3.8, 4) is 0 Å². The van der Waals surface area contributed by atoms with Gasteiger partial charge in [0, 0.05) is 35.4 Å². The van der Waals surface area contributed by atoms with E-state index in [-0.39, 0.29) is 5.69 Å². The van der Waals surface area contributed by atoms with Gasteiger partial charge in [-0.15, -0.1) is 0 Å². The lowest BCUT2D eigenvalue weighted by Gasteiger charge is -2.02. The van der Waals surface area contributed by atoms with Crippen LogP contribution in [-0.4, -0.2) is 32.7 Å². The van der Waals surface area contributed by atoms with Crippen LogP contribution in [0.15, 0.2) is 18.3 Å². The van der Waals surface area contributed by atoms with Crippen LogP contribution in [0.2, 0.25) is 0 Å². The molecule has 1 aromatic heterocycles. The third-order valence-corrected chi connectivity index (χ3v) is 2.43. The van der Waals surface area contributed by atoms with Crippen LogP contribution in [0.3, 0.4) is 0 Å². The van der Waals surface area contributed by atoms with Gasteiger partial charge in [-0.25, -0.2) is 4.98 Å². The summed E-state index contributed by atoms with van der Waals surface area (Å²) in [5.41, 5.74) is -0.0420. The van der Waals surface area contributed by atoms with E-state index in [2.05, 4.69) is 10.3 Å². The molecule has 0 saturated carbocycles. The molecule has 1 heterocycles. The van der Waals surface area contributed by atoms with E-state index in [1.54, 1.807) is 6.26 Å². The van der Waals surface area contributed by atoms with Crippen LogP contribution in [0.4, 0.5) is 11.5 Å². The van der Waals surface area contributed by atoms with Gasteiger partial charge >= 0.3 is 0 Å². The lowest BCUT2D eigenvalue weighted by Crippen LogP contribution is -2.10. The summed E-state index contributed by atoms with van der Waals surface area (Å²) in [5.74, 6) is 1.07. The topological polar surface area (TPSA) is 85.1 Å². The van der Waals surface area contributed by atoms with Crippen LogP contribution in [0, 0.1) is 10.1 Å². The number of pyridine rings is 1. The van der Waals surface area contributed by atoms with Crippen LogP contribution in [0.1, 0.15) is 0 Å². The largest absolute Gasteiger partial charge is 0.369 e. The molecular formula is C8H11N3O3S. The summed E-state index contributed by atoms with van der Waals surface area (Å²) in [4.78, 5) is 13.7. The number of anilines is 1. The molecule has 6 nitrogen and oxygen atoms in total. The Balaban J connectivity index is 2.50. The summed E-state index contributed by atoms with van der Waals surface area (Å²) >= 11 is 0. The molecule has 0 radical (unpaired) electrons.